The van der Waals surface area contributed by atoms with Gasteiger partial charge in [0.2, 0.25) is 5.95 Å². The summed E-state index contributed by atoms with van der Waals surface area (Å²) in [6.07, 6.45) is 0. The van der Waals surface area contributed by atoms with E-state index in [2.05, 4.69) is 34.3 Å². The summed E-state index contributed by atoms with van der Waals surface area (Å²) in [7, 11) is 0. The molecule has 0 saturated heterocycles. The van der Waals surface area contributed by atoms with Crippen LogP contribution in [0, 0.1) is 0 Å². The minimum Gasteiger partial charge on any atom is -0.368 e. The molecule has 1 atom stereocenters. The summed E-state index contributed by atoms with van der Waals surface area (Å²) in [5.74, 6) is 0.852. The summed E-state index contributed by atoms with van der Waals surface area (Å²) in [5, 5.41) is 3.98. The second kappa shape index (κ2) is 7.51. The Balaban J connectivity index is 1.95. The van der Waals surface area contributed by atoms with Gasteiger partial charge in [-0.3, -0.25) is 0 Å². The van der Waals surface area contributed by atoms with E-state index in [4.69, 9.17) is 23.1 Å². The van der Waals surface area contributed by atoms with Gasteiger partial charge < -0.3 is 16.8 Å². The van der Waals surface area contributed by atoms with Crippen molar-refractivity contribution in [3.05, 3.63) is 70.7 Å². The normalized spacial score (nSPS) is 12.0. The second-order valence-electron chi connectivity index (χ2n) is 5.74. The third-order valence-corrected chi connectivity index (χ3v) is 4.36. The van der Waals surface area contributed by atoms with Gasteiger partial charge in [0.25, 0.3) is 0 Å². The minimum absolute atomic E-state index is 0.0803. The maximum atomic E-state index is 6.25. The van der Waals surface area contributed by atoms with E-state index in [0.717, 1.165) is 16.7 Å². The smallest absolute Gasteiger partial charge is 0.222 e. The van der Waals surface area contributed by atoms with Crippen LogP contribution in [0.2, 0.25) is 5.02 Å². The van der Waals surface area contributed by atoms with Gasteiger partial charge in [-0.05, 0) is 24.1 Å². The van der Waals surface area contributed by atoms with Crippen LogP contribution in [0.1, 0.15) is 24.1 Å². The second-order valence-corrected chi connectivity index (χ2v) is 6.15. The van der Waals surface area contributed by atoms with Gasteiger partial charge in [0.15, 0.2) is 0 Å². The van der Waals surface area contributed by atoms with E-state index < -0.39 is 0 Å². The van der Waals surface area contributed by atoms with Crippen molar-refractivity contribution >= 4 is 23.4 Å². The Labute approximate surface area is 152 Å². The fraction of sp³-hybridized carbons (Fsp3) is 0.158. The number of nitrogens with zero attached hydrogens (tertiary/aromatic N) is 2. The van der Waals surface area contributed by atoms with Crippen LogP contribution >= 0.6 is 11.6 Å². The molecule has 128 valence electrons. The topological polar surface area (TPSA) is 89.8 Å². The molecule has 1 heterocycles. The van der Waals surface area contributed by atoms with E-state index in [1.807, 2.05) is 42.5 Å². The average molecular weight is 354 g/mol. The van der Waals surface area contributed by atoms with Crippen molar-refractivity contribution in [1.29, 1.82) is 0 Å². The average Bonchev–Trinajstić information content (AvgIpc) is 2.61. The molecule has 25 heavy (non-hydrogen) atoms. The first-order chi connectivity index (χ1) is 12.1. The Morgan fingerprint density at radius 1 is 1.08 bits per heavy atom. The van der Waals surface area contributed by atoms with Crippen LogP contribution in [0.15, 0.2) is 54.6 Å². The van der Waals surface area contributed by atoms with E-state index >= 15 is 0 Å². The number of nitrogens with one attached hydrogen (secondary N) is 1. The molecule has 3 aromatic rings. The molecule has 5 N–H and O–H groups in total. The molecule has 5 nitrogen and oxygen atoms in total. The fourth-order valence-electron chi connectivity index (χ4n) is 2.73. The highest BCUT2D eigenvalue weighted by Crippen LogP contribution is 2.30. The Kier molecular flexibility index (Phi) is 5.16. The lowest BCUT2D eigenvalue weighted by molar-refractivity contribution is 0.873. The van der Waals surface area contributed by atoms with Crippen LogP contribution in [-0.4, -0.2) is 9.97 Å². The predicted molar refractivity (Wildman–Crippen MR) is 103 cm³/mol. The van der Waals surface area contributed by atoms with Gasteiger partial charge in [0, 0.05) is 29.2 Å². The molecule has 0 radical (unpaired) electrons. The summed E-state index contributed by atoms with van der Waals surface area (Å²) in [5.41, 5.74) is 15.3. The lowest BCUT2D eigenvalue weighted by Gasteiger charge is -2.16. The molecule has 0 amide bonds. The Hall–Kier alpha value is -2.63. The van der Waals surface area contributed by atoms with Crippen LogP contribution in [0.4, 0.5) is 11.8 Å². The zero-order valence-corrected chi connectivity index (χ0v) is 14.7. The number of halogens is 1. The summed E-state index contributed by atoms with van der Waals surface area (Å²) in [4.78, 5) is 8.64. The van der Waals surface area contributed by atoms with Crippen molar-refractivity contribution < 1.29 is 0 Å². The van der Waals surface area contributed by atoms with Crippen molar-refractivity contribution in [2.45, 2.75) is 19.5 Å². The number of hydrogen-bond donors (Lipinski definition) is 3. The highest BCUT2D eigenvalue weighted by atomic mass is 35.5. The third kappa shape index (κ3) is 3.90. The standard InChI is InChI=1S/C19H20ClN5/c1-12(13-6-3-2-4-7-13)23-18-10-17(24-19(22)25-18)14-8-5-9-16(20)15(14)11-21/h2-10,12H,11,21H2,1H3,(H3,22,23,24,25)/t12-/m1/s1. The lowest BCUT2D eigenvalue weighted by atomic mass is 10.0. The lowest BCUT2D eigenvalue weighted by Crippen LogP contribution is -2.10. The zero-order valence-electron chi connectivity index (χ0n) is 13.9. The van der Waals surface area contributed by atoms with Gasteiger partial charge in [-0.15, -0.1) is 0 Å². The molecule has 0 unspecified atom stereocenters. The highest BCUT2D eigenvalue weighted by molar-refractivity contribution is 6.31. The molecule has 0 bridgehead atoms. The molecule has 6 heteroatoms. The van der Waals surface area contributed by atoms with Gasteiger partial charge in [-0.1, -0.05) is 54.1 Å². The molecule has 2 aromatic carbocycles. The number of anilines is 2. The first-order valence-electron chi connectivity index (χ1n) is 8.02. The van der Waals surface area contributed by atoms with Crippen molar-refractivity contribution in [2.24, 2.45) is 5.73 Å². The summed E-state index contributed by atoms with van der Waals surface area (Å²) >= 11 is 6.25. The molecular weight excluding hydrogens is 334 g/mol. The van der Waals surface area contributed by atoms with Gasteiger partial charge in [-0.25, -0.2) is 4.98 Å². The molecule has 1 aromatic heterocycles. The van der Waals surface area contributed by atoms with Crippen LogP contribution in [-0.2, 0) is 6.54 Å². The Morgan fingerprint density at radius 3 is 2.56 bits per heavy atom. The molecule has 0 aliphatic carbocycles. The zero-order chi connectivity index (χ0) is 17.8. The molecule has 3 rings (SSSR count). The number of benzene rings is 2. The molecular formula is C19H20ClN5. The van der Waals surface area contributed by atoms with Gasteiger partial charge >= 0.3 is 0 Å². The van der Waals surface area contributed by atoms with Crippen LogP contribution in [0.3, 0.4) is 0 Å². The molecule has 0 fully saturated rings. The van der Waals surface area contributed by atoms with Crippen molar-refractivity contribution in [3.8, 4) is 11.3 Å². The van der Waals surface area contributed by atoms with E-state index in [-0.39, 0.29) is 12.0 Å². The van der Waals surface area contributed by atoms with E-state index in [1.54, 1.807) is 0 Å². The first kappa shape index (κ1) is 17.2. The maximum Gasteiger partial charge on any atom is 0.222 e. The van der Waals surface area contributed by atoms with Gasteiger partial charge in [0.05, 0.1) is 5.69 Å². The first-order valence-corrected chi connectivity index (χ1v) is 8.40. The number of rotatable bonds is 5. The summed E-state index contributed by atoms with van der Waals surface area (Å²) < 4.78 is 0. The monoisotopic (exact) mass is 353 g/mol. The van der Waals surface area contributed by atoms with Gasteiger partial charge in [0.1, 0.15) is 5.82 Å². The van der Waals surface area contributed by atoms with Crippen LogP contribution < -0.4 is 16.8 Å². The molecule has 0 aliphatic heterocycles. The number of aromatic nitrogens is 2. The minimum atomic E-state index is 0.0803. The van der Waals surface area contributed by atoms with Crippen LogP contribution in [0.25, 0.3) is 11.3 Å². The quantitative estimate of drug-likeness (QED) is 0.644. The number of nitrogen functional groups attached to an aromatic ring is 1. The molecule has 0 saturated carbocycles. The van der Waals surface area contributed by atoms with E-state index in [9.17, 15) is 0 Å². The van der Waals surface area contributed by atoms with E-state index in [0.29, 0.717) is 23.1 Å². The Bertz CT molecular complexity index is 867. The number of nitrogens with two attached hydrogens (primary N) is 2. The van der Waals surface area contributed by atoms with Crippen molar-refractivity contribution in [1.82, 2.24) is 9.97 Å². The number of hydrogen-bond acceptors (Lipinski definition) is 5. The Morgan fingerprint density at radius 2 is 1.84 bits per heavy atom. The predicted octanol–water partition coefficient (Wildman–Crippen LogP) is 4.01. The SMILES string of the molecule is C[C@@H](Nc1cc(-c2cccc(Cl)c2CN)nc(N)n1)c1ccccc1. The summed E-state index contributed by atoms with van der Waals surface area (Å²) in [6, 6.07) is 17.7. The van der Waals surface area contributed by atoms with Gasteiger partial charge in [-0.2, -0.15) is 4.98 Å². The third-order valence-electron chi connectivity index (χ3n) is 4.01. The van der Waals surface area contributed by atoms with Crippen molar-refractivity contribution in [3.63, 3.8) is 0 Å². The van der Waals surface area contributed by atoms with E-state index in [1.165, 1.54) is 0 Å². The fourth-order valence-corrected chi connectivity index (χ4v) is 2.98. The maximum absolute atomic E-state index is 6.25. The highest BCUT2D eigenvalue weighted by Gasteiger charge is 2.13. The summed E-state index contributed by atoms with van der Waals surface area (Å²) in [6.45, 7) is 2.39. The van der Waals surface area contributed by atoms with Crippen molar-refractivity contribution in [2.75, 3.05) is 11.1 Å². The largest absolute Gasteiger partial charge is 0.368 e. The molecule has 0 spiro atoms. The molecule has 0 aliphatic rings. The van der Waals surface area contributed by atoms with Crippen LogP contribution in [0.5, 0.6) is 0 Å².